The minimum absolute atomic E-state index is 0.0656. The number of carbonyl (C=O) groups excluding carboxylic acids is 4. The highest BCUT2D eigenvalue weighted by molar-refractivity contribution is 5.78. The number of unbranched alkanes of at least 4 members (excludes halogenated alkanes) is 40. The smallest absolute Gasteiger partial charge is 0.220 e. The second-order valence-electron chi connectivity index (χ2n) is 32.9. The lowest BCUT2D eigenvalue weighted by atomic mass is 9.63. The van der Waals surface area contributed by atoms with Crippen LogP contribution >= 0.6 is 0 Å². The van der Waals surface area contributed by atoms with Gasteiger partial charge >= 0.3 is 0 Å². The van der Waals surface area contributed by atoms with Gasteiger partial charge in [-0.3, -0.25) is 19.2 Å². The maximum atomic E-state index is 13.4. The van der Waals surface area contributed by atoms with Crippen LogP contribution in [-0.2, 0) is 19.2 Å². The van der Waals surface area contributed by atoms with Crippen LogP contribution in [-0.4, -0.2) is 47.8 Å². The highest BCUT2D eigenvalue weighted by Crippen LogP contribution is 2.47. The Morgan fingerprint density at radius 3 is 0.638 bits per heavy atom. The molecular weight excluding hydrogens is 1150 g/mol. The van der Waals surface area contributed by atoms with Crippen LogP contribution in [0.15, 0.2) is 0 Å². The summed E-state index contributed by atoms with van der Waals surface area (Å²) >= 11 is 0. The van der Waals surface area contributed by atoms with Crippen molar-refractivity contribution in [3.05, 3.63) is 0 Å². The Morgan fingerprint density at radius 1 is 0.255 bits per heavy atom. The Kier molecular flexibility index (Phi) is 55.7. The van der Waals surface area contributed by atoms with Crippen molar-refractivity contribution in [2.75, 3.05) is 0 Å². The zero-order chi connectivity index (χ0) is 67.6. The van der Waals surface area contributed by atoms with E-state index in [9.17, 15) is 19.2 Å². The van der Waals surface area contributed by atoms with E-state index in [0.717, 1.165) is 138 Å². The van der Waals surface area contributed by atoms with Crippen LogP contribution in [0.1, 0.15) is 465 Å². The zero-order valence-electron chi connectivity index (χ0n) is 64.1. The highest BCUT2D eigenvalue weighted by Gasteiger charge is 2.36. The van der Waals surface area contributed by atoms with Gasteiger partial charge in [-0.25, -0.2) is 0 Å². The lowest BCUT2D eigenvalue weighted by Gasteiger charge is -2.42. The number of nitrogens with one attached hydrogen (secondary N) is 4. The summed E-state index contributed by atoms with van der Waals surface area (Å²) in [5.41, 5.74) is 0. The number of hydrogen-bond donors (Lipinski definition) is 4. The predicted octanol–water partition coefficient (Wildman–Crippen LogP) is 25.5. The van der Waals surface area contributed by atoms with Gasteiger partial charge in [0.05, 0.1) is 0 Å². The molecule has 0 saturated heterocycles. The second kappa shape index (κ2) is 60.8. The lowest BCUT2D eigenvalue weighted by molar-refractivity contribution is -0.125. The number of rotatable bonds is 64. The molecule has 0 aromatic carbocycles. The molecule has 0 heterocycles. The molecule has 3 aliphatic rings. The van der Waals surface area contributed by atoms with Crippen LogP contribution < -0.4 is 21.3 Å². The Bertz CT molecular complexity index is 1630. The van der Waals surface area contributed by atoms with E-state index >= 15 is 0 Å². The average Bonchev–Trinajstić information content (AvgIpc) is 0.903. The molecule has 94 heavy (non-hydrogen) atoms. The molecule has 0 bridgehead atoms. The number of hydrogen-bond acceptors (Lipinski definition) is 4. The van der Waals surface area contributed by atoms with E-state index in [1.807, 2.05) is 0 Å². The van der Waals surface area contributed by atoms with Crippen LogP contribution in [0.5, 0.6) is 0 Å². The van der Waals surface area contributed by atoms with Crippen LogP contribution in [0.4, 0.5) is 0 Å². The highest BCUT2D eigenvalue weighted by atomic mass is 16.2. The molecule has 552 valence electrons. The zero-order valence-corrected chi connectivity index (χ0v) is 64.1. The summed E-state index contributed by atoms with van der Waals surface area (Å²) < 4.78 is 0. The molecular formula is C86H164N4O4. The summed E-state index contributed by atoms with van der Waals surface area (Å²) in [6.07, 6.45) is 82.2. The SMILES string of the molecule is CCCCCCCCC1CC(CCCCCCC(=O)N[C@H]2CCCC[C@H]2NC(=O)CCCCCCCCCCCCCCCC(C)C)C(CCCCCCC(=O)N[C@@H]2CCCC[C@@H]2NC(=O)CCCCCCCCCCCCCCCC(C)C)CC1CCCCCCCC. The normalized spacial score (nSPS) is 20.9. The molecule has 8 heteroatoms. The van der Waals surface area contributed by atoms with Gasteiger partial charge in [0.2, 0.25) is 23.6 Å². The van der Waals surface area contributed by atoms with Gasteiger partial charge in [-0.15, -0.1) is 0 Å². The quantitative estimate of drug-likeness (QED) is 0.0454. The largest absolute Gasteiger partial charge is 0.351 e. The third-order valence-corrected chi connectivity index (χ3v) is 23.1. The fourth-order valence-corrected chi connectivity index (χ4v) is 17.1. The molecule has 3 saturated carbocycles. The van der Waals surface area contributed by atoms with E-state index in [2.05, 4.69) is 62.8 Å². The maximum absolute atomic E-state index is 13.4. The van der Waals surface area contributed by atoms with Gasteiger partial charge in [-0.1, -0.05) is 375 Å². The van der Waals surface area contributed by atoms with Crippen molar-refractivity contribution < 1.29 is 19.2 Å². The number of carbonyl (C=O) groups is 4. The first-order chi connectivity index (χ1) is 46.0. The summed E-state index contributed by atoms with van der Waals surface area (Å²) in [4.78, 5) is 53.1. The second-order valence-corrected chi connectivity index (χ2v) is 32.9. The van der Waals surface area contributed by atoms with E-state index in [-0.39, 0.29) is 47.8 Å². The van der Waals surface area contributed by atoms with Gasteiger partial charge in [0.1, 0.15) is 0 Å². The molecule has 4 N–H and O–H groups in total. The van der Waals surface area contributed by atoms with Crippen molar-refractivity contribution in [1.82, 2.24) is 21.3 Å². The van der Waals surface area contributed by atoms with Crippen molar-refractivity contribution in [3.8, 4) is 0 Å². The molecule has 4 amide bonds. The monoisotopic (exact) mass is 1320 g/mol. The van der Waals surface area contributed by atoms with Gasteiger partial charge in [0.25, 0.3) is 0 Å². The summed E-state index contributed by atoms with van der Waals surface area (Å²) in [7, 11) is 0. The average molecular weight is 1320 g/mol. The Labute approximate surface area is 586 Å². The predicted molar refractivity (Wildman–Crippen MR) is 407 cm³/mol. The van der Waals surface area contributed by atoms with Crippen molar-refractivity contribution in [2.45, 2.75) is 489 Å². The molecule has 8 atom stereocenters. The minimum Gasteiger partial charge on any atom is -0.351 e. The van der Waals surface area contributed by atoms with Crippen molar-refractivity contribution in [2.24, 2.45) is 35.5 Å². The molecule has 3 rings (SSSR count). The lowest BCUT2D eigenvalue weighted by Crippen LogP contribution is -2.53. The first-order valence-electron chi connectivity index (χ1n) is 43.2. The molecule has 0 aromatic heterocycles. The van der Waals surface area contributed by atoms with Crippen LogP contribution in [0.2, 0.25) is 0 Å². The summed E-state index contributed by atoms with van der Waals surface area (Å²) in [6, 6.07) is 0.271. The van der Waals surface area contributed by atoms with Gasteiger partial charge < -0.3 is 21.3 Å². The number of amides is 4. The van der Waals surface area contributed by atoms with Crippen molar-refractivity contribution >= 4 is 23.6 Å². The van der Waals surface area contributed by atoms with Crippen molar-refractivity contribution in [1.29, 1.82) is 0 Å². The van der Waals surface area contributed by atoms with Crippen LogP contribution in [0.25, 0.3) is 0 Å². The third kappa shape index (κ3) is 47.8. The van der Waals surface area contributed by atoms with E-state index in [1.54, 1.807) is 0 Å². The van der Waals surface area contributed by atoms with Gasteiger partial charge in [0, 0.05) is 49.9 Å². The first kappa shape index (κ1) is 86.1. The Balaban J connectivity index is 1.37. The summed E-state index contributed by atoms with van der Waals surface area (Å²) in [5, 5.41) is 13.6. The van der Waals surface area contributed by atoms with Crippen LogP contribution in [0, 0.1) is 35.5 Å². The van der Waals surface area contributed by atoms with E-state index in [0.29, 0.717) is 25.7 Å². The molecule has 3 fully saturated rings. The summed E-state index contributed by atoms with van der Waals surface area (Å²) in [6.45, 7) is 14.0. The molecule has 0 radical (unpaired) electrons. The molecule has 0 aromatic rings. The Morgan fingerprint density at radius 2 is 0.436 bits per heavy atom. The Hall–Kier alpha value is -2.12. The van der Waals surface area contributed by atoms with Gasteiger partial charge in [-0.2, -0.15) is 0 Å². The van der Waals surface area contributed by atoms with Crippen molar-refractivity contribution in [3.63, 3.8) is 0 Å². The molecule has 0 spiro atoms. The third-order valence-electron chi connectivity index (χ3n) is 23.1. The van der Waals surface area contributed by atoms with E-state index in [4.69, 9.17) is 0 Å². The molecule has 3 aliphatic carbocycles. The minimum atomic E-state index is 0.0656. The van der Waals surface area contributed by atoms with Gasteiger partial charge in [0.15, 0.2) is 0 Å². The molecule has 8 nitrogen and oxygen atoms in total. The standard InChI is InChI=1S/C86H164N4O4/c1-7-9-11-13-35-45-59-75-71-77(61-47-39-41-51-69-85(93)89-81-65-55-53-63-79(81)87-83(91)67-49-37-31-27-23-19-15-17-21-25-29-33-43-57-73(3)4)78(72-76(75)60-46-36-14-12-10-8-2)62-48-40-42-52-70-86(94)90-82-66-56-54-64-80(82)88-84(92)68-50-38-32-28-24-20-16-18-22-26-30-34-44-58-74(5)6/h73-82H,7-72H2,1-6H3,(H,87,91)(H,88,92)(H,89,93)(H,90,94)/t75?,76?,77?,78?,79-,80+,81+,82-. The van der Waals surface area contributed by atoms with Gasteiger partial charge in [-0.05, 0) is 99.7 Å². The first-order valence-corrected chi connectivity index (χ1v) is 43.2. The molecule has 0 aliphatic heterocycles. The fourth-order valence-electron chi connectivity index (χ4n) is 17.1. The summed E-state index contributed by atoms with van der Waals surface area (Å²) in [5.74, 6) is 5.82. The maximum Gasteiger partial charge on any atom is 0.220 e. The topological polar surface area (TPSA) is 116 Å². The fraction of sp³-hybridized carbons (Fsp3) is 0.953. The van der Waals surface area contributed by atoms with Crippen LogP contribution in [0.3, 0.4) is 0 Å². The van der Waals surface area contributed by atoms with E-state index in [1.165, 1.54) is 295 Å². The van der Waals surface area contributed by atoms with E-state index < -0.39 is 0 Å². The molecule has 4 unspecified atom stereocenters.